The van der Waals surface area contributed by atoms with Gasteiger partial charge in [0.1, 0.15) is 0 Å². The second-order valence-corrected chi connectivity index (χ2v) is 12.4. The van der Waals surface area contributed by atoms with Crippen LogP contribution in [0.15, 0.2) is 30.5 Å². The Morgan fingerprint density at radius 3 is 2.30 bits per heavy atom. The maximum Gasteiger partial charge on any atom is 0.419 e. The van der Waals surface area contributed by atoms with Crippen molar-refractivity contribution < 1.29 is 22.8 Å². The standard InChI is InChI=1S/C32H43F3N6O2/c1-39-18-14-25(15-19-39)40(2)29(42)22-10-12-24(13-11-22)37-31-36-21-27(32(33,34)35)28(38-31)20-23-8-4-5-9-26(23)30(43)41-16-6-3-7-17-41/h10-13,21,23,25-26H,3-9,14-20H2,1-2H3,(H,36,37,38)/t23-,26-/m0/s1. The third kappa shape index (κ3) is 7.66. The zero-order valence-electron chi connectivity index (χ0n) is 25.2. The molecule has 0 unspecified atom stereocenters. The molecule has 2 aliphatic heterocycles. The molecule has 3 aliphatic rings. The molecule has 2 saturated heterocycles. The van der Waals surface area contributed by atoms with Gasteiger partial charge in [-0.2, -0.15) is 13.2 Å². The van der Waals surface area contributed by atoms with E-state index >= 15 is 0 Å². The van der Waals surface area contributed by atoms with Crippen LogP contribution < -0.4 is 5.32 Å². The van der Waals surface area contributed by atoms with Crippen molar-refractivity contribution in [2.75, 3.05) is 45.6 Å². The predicted molar refractivity (Wildman–Crippen MR) is 159 cm³/mol. The highest BCUT2D eigenvalue weighted by molar-refractivity contribution is 5.94. The van der Waals surface area contributed by atoms with Crippen molar-refractivity contribution in [2.45, 2.75) is 76.4 Å². The molecule has 3 fully saturated rings. The molecule has 2 atom stereocenters. The molecule has 5 rings (SSSR count). The summed E-state index contributed by atoms with van der Waals surface area (Å²) < 4.78 is 42.1. The van der Waals surface area contributed by atoms with Crippen LogP contribution in [0.4, 0.5) is 24.8 Å². The first kappa shape index (κ1) is 31.2. The van der Waals surface area contributed by atoms with Gasteiger partial charge in [-0.25, -0.2) is 9.97 Å². The van der Waals surface area contributed by atoms with Gasteiger partial charge in [0.25, 0.3) is 5.91 Å². The van der Waals surface area contributed by atoms with Crippen LogP contribution in [-0.4, -0.2) is 82.8 Å². The van der Waals surface area contributed by atoms with Gasteiger partial charge in [-0.1, -0.05) is 12.8 Å². The number of anilines is 2. The number of benzene rings is 1. The van der Waals surface area contributed by atoms with E-state index in [-0.39, 0.29) is 47.8 Å². The van der Waals surface area contributed by atoms with E-state index in [0.717, 1.165) is 77.3 Å². The molecule has 2 amide bonds. The summed E-state index contributed by atoms with van der Waals surface area (Å²) in [5, 5.41) is 3.01. The number of carbonyl (C=O) groups excluding carboxylic acids is 2. The van der Waals surface area contributed by atoms with Gasteiger partial charge >= 0.3 is 6.18 Å². The quantitative estimate of drug-likeness (QED) is 0.435. The molecule has 1 saturated carbocycles. The monoisotopic (exact) mass is 600 g/mol. The average molecular weight is 601 g/mol. The van der Waals surface area contributed by atoms with E-state index in [9.17, 15) is 22.8 Å². The lowest BCUT2D eigenvalue weighted by molar-refractivity contribution is -0.139. The molecule has 43 heavy (non-hydrogen) atoms. The molecule has 0 spiro atoms. The number of halogens is 3. The van der Waals surface area contributed by atoms with Gasteiger partial charge in [-0.15, -0.1) is 0 Å². The first-order chi connectivity index (χ1) is 20.6. The van der Waals surface area contributed by atoms with Gasteiger partial charge in [0.15, 0.2) is 0 Å². The molecule has 1 N–H and O–H groups in total. The maximum atomic E-state index is 14.0. The van der Waals surface area contributed by atoms with Crippen LogP contribution in [0.3, 0.4) is 0 Å². The Morgan fingerprint density at radius 1 is 0.953 bits per heavy atom. The molecule has 0 radical (unpaired) electrons. The van der Waals surface area contributed by atoms with Crippen LogP contribution >= 0.6 is 0 Å². The largest absolute Gasteiger partial charge is 0.419 e. The Bertz CT molecular complexity index is 1260. The molecular weight excluding hydrogens is 557 g/mol. The SMILES string of the molecule is CN1CCC(N(C)C(=O)c2ccc(Nc3ncc(C(F)(F)F)c(C[C@@H]4CCCC[C@@H]4C(=O)N4CCCCC4)n3)cc2)CC1. The van der Waals surface area contributed by atoms with Gasteiger partial charge in [-0.3, -0.25) is 9.59 Å². The highest BCUT2D eigenvalue weighted by Crippen LogP contribution is 2.38. The van der Waals surface area contributed by atoms with Crippen molar-refractivity contribution in [3.05, 3.63) is 47.3 Å². The third-order valence-corrected chi connectivity index (χ3v) is 9.47. The summed E-state index contributed by atoms with van der Waals surface area (Å²) in [5.41, 5.74) is 0.174. The molecule has 3 heterocycles. The summed E-state index contributed by atoms with van der Waals surface area (Å²) in [7, 11) is 3.91. The molecule has 0 bridgehead atoms. The summed E-state index contributed by atoms with van der Waals surface area (Å²) in [6, 6.07) is 7.04. The first-order valence-electron chi connectivity index (χ1n) is 15.6. The molecule has 1 aromatic heterocycles. The predicted octanol–water partition coefficient (Wildman–Crippen LogP) is 5.77. The number of piperidine rings is 2. The van der Waals surface area contributed by atoms with E-state index in [0.29, 0.717) is 24.1 Å². The minimum atomic E-state index is -4.60. The lowest BCUT2D eigenvalue weighted by Gasteiger charge is -2.36. The normalized spacial score (nSPS) is 22.3. The van der Waals surface area contributed by atoms with Crippen LogP contribution in [0.2, 0.25) is 0 Å². The smallest absolute Gasteiger partial charge is 0.342 e. The molecular formula is C32H43F3N6O2. The van der Waals surface area contributed by atoms with E-state index < -0.39 is 11.7 Å². The van der Waals surface area contributed by atoms with Gasteiger partial charge in [-0.05, 0) is 102 Å². The van der Waals surface area contributed by atoms with Crippen molar-refractivity contribution in [1.82, 2.24) is 24.7 Å². The molecule has 11 heteroatoms. The second-order valence-electron chi connectivity index (χ2n) is 12.4. The Balaban J connectivity index is 1.29. The number of amides is 2. The summed E-state index contributed by atoms with van der Waals surface area (Å²) in [4.78, 5) is 40.7. The molecule has 234 valence electrons. The zero-order chi connectivity index (χ0) is 30.6. The Morgan fingerprint density at radius 2 is 1.63 bits per heavy atom. The number of carbonyl (C=O) groups is 2. The highest BCUT2D eigenvalue weighted by atomic mass is 19.4. The second kappa shape index (κ2) is 13.6. The number of likely N-dealkylation sites (tertiary alicyclic amines) is 2. The first-order valence-corrected chi connectivity index (χ1v) is 15.6. The molecule has 1 aliphatic carbocycles. The van der Waals surface area contributed by atoms with Crippen molar-refractivity contribution in [3.63, 3.8) is 0 Å². The number of aromatic nitrogens is 2. The lowest BCUT2D eigenvalue weighted by Crippen LogP contribution is -2.44. The van der Waals surface area contributed by atoms with E-state index in [1.165, 1.54) is 0 Å². The molecule has 2 aromatic rings. The van der Waals surface area contributed by atoms with Gasteiger partial charge in [0, 0.05) is 49.5 Å². The minimum Gasteiger partial charge on any atom is -0.342 e. The highest BCUT2D eigenvalue weighted by Gasteiger charge is 2.39. The number of hydrogen-bond acceptors (Lipinski definition) is 6. The van der Waals surface area contributed by atoms with Crippen LogP contribution in [0.25, 0.3) is 0 Å². The summed E-state index contributed by atoms with van der Waals surface area (Å²) in [6.45, 7) is 3.37. The molecule has 1 aromatic carbocycles. The summed E-state index contributed by atoms with van der Waals surface area (Å²) in [6.07, 6.45) is 4.45. The summed E-state index contributed by atoms with van der Waals surface area (Å²) in [5.74, 6) is -0.395. The van der Waals surface area contributed by atoms with E-state index in [1.54, 1.807) is 29.2 Å². The fourth-order valence-electron chi connectivity index (χ4n) is 6.82. The lowest BCUT2D eigenvalue weighted by atomic mass is 9.75. The summed E-state index contributed by atoms with van der Waals surface area (Å²) >= 11 is 0. The van der Waals surface area contributed by atoms with Crippen LogP contribution in [0.5, 0.6) is 0 Å². The topological polar surface area (TPSA) is 81.7 Å². The Labute approximate surface area is 252 Å². The van der Waals surface area contributed by atoms with Crippen molar-refractivity contribution in [1.29, 1.82) is 0 Å². The Hall–Kier alpha value is -3.21. The van der Waals surface area contributed by atoms with E-state index in [1.807, 2.05) is 11.9 Å². The number of rotatable bonds is 7. The van der Waals surface area contributed by atoms with Crippen LogP contribution in [0.1, 0.15) is 79.4 Å². The van der Waals surface area contributed by atoms with Gasteiger partial charge < -0.3 is 20.0 Å². The number of nitrogens with one attached hydrogen (secondary N) is 1. The number of alkyl halides is 3. The fourth-order valence-corrected chi connectivity index (χ4v) is 6.82. The number of hydrogen-bond donors (Lipinski definition) is 1. The number of nitrogens with zero attached hydrogens (tertiary/aromatic N) is 5. The zero-order valence-corrected chi connectivity index (χ0v) is 25.2. The molecule has 8 nitrogen and oxygen atoms in total. The van der Waals surface area contributed by atoms with Crippen molar-refractivity contribution in [3.8, 4) is 0 Å². The average Bonchev–Trinajstić information content (AvgIpc) is 3.01. The van der Waals surface area contributed by atoms with Crippen molar-refractivity contribution in [2.24, 2.45) is 11.8 Å². The van der Waals surface area contributed by atoms with Crippen LogP contribution in [-0.2, 0) is 17.4 Å². The van der Waals surface area contributed by atoms with Crippen LogP contribution in [0, 0.1) is 11.8 Å². The Kier molecular flexibility index (Phi) is 9.88. The van der Waals surface area contributed by atoms with E-state index in [4.69, 9.17) is 0 Å². The fraction of sp³-hybridized carbons (Fsp3) is 0.625. The van der Waals surface area contributed by atoms with Gasteiger partial charge in [0.2, 0.25) is 11.9 Å². The third-order valence-electron chi connectivity index (χ3n) is 9.47. The van der Waals surface area contributed by atoms with Crippen molar-refractivity contribution >= 4 is 23.5 Å². The van der Waals surface area contributed by atoms with E-state index in [2.05, 4.69) is 27.2 Å². The minimum absolute atomic E-state index is 0.0558. The maximum absolute atomic E-state index is 14.0. The van der Waals surface area contributed by atoms with Gasteiger partial charge in [0.05, 0.1) is 11.3 Å².